The molecule has 0 radical (unpaired) electrons. The number of aromatic nitrogens is 3. The Labute approximate surface area is 673 Å². The van der Waals surface area contributed by atoms with Crippen LogP contribution in [0.2, 0.25) is 0 Å². The van der Waals surface area contributed by atoms with E-state index in [4.69, 9.17) is 33.8 Å². The molecule has 0 amide bonds. The van der Waals surface area contributed by atoms with Crippen LogP contribution in [0.1, 0.15) is 44.0 Å². The van der Waals surface area contributed by atoms with Gasteiger partial charge in [-0.25, -0.2) is 14.8 Å². The molecule has 0 saturated carbocycles. The van der Waals surface area contributed by atoms with Crippen LogP contribution in [-0.4, -0.2) is 383 Å². The number of aromatic amines is 1. The number of aliphatic imine (C=N–C) groups is 3. The number of nitrogens with one attached hydrogen (secondary N) is 4. The number of hydrogen-bond acceptors (Lipinski definition) is 26. The highest BCUT2D eigenvalue weighted by atomic mass is 31.2. The minimum Gasteiger partial charge on any atom is -0.388 e. The van der Waals surface area contributed by atoms with Crippen LogP contribution in [0.5, 0.6) is 0 Å². The van der Waals surface area contributed by atoms with Gasteiger partial charge >= 0.3 is 5.69 Å². The number of likely N-dealkylation sites (N-methyl/N-ethyl adjacent to an activating group) is 1. The molecule has 2 aromatic rings. The number of aliphatic hydroxyl groups excluding tert-OH is 9. The van der Waals surface area contributed by atoms with Gasteiger partial charge in [0.25, 0.3) is 0 Å². The molecule has 13 N–H and O–H groups in total. The lowest BCUT2D eigenvalue weighted by Gasteiger charge is -2.34. The molecule has 0 aliphatic carbocycles. The van der Waals surface area contributed by atoms with Gasteiger partial charge in [0.15, 0.2) is 31.1 Å². The number of ether oxygens (including phenoxy) is 6. The van der Waals surface area contributed by atoms with E-state index in [-0.39, 0.29) is 17.7 Å². The third kappa shape index (κ3) is 25.7. The van der Waals surface area contributed by atoms with Gasteiger partial charge in [-0.3, -0.25) is 24.5 Å². The van der Waals surface area contributed by atoms with E-state index >= 15 is 0 Å². The van der Waals surface area contributed by atoms with Crippen molar-refractivity contribution in [3.8, 4) is 0 Å². The summed E-state index contributed by atoms with van der Waals surface area (Å²) in [5.41, 5.74) is 1.35. The second-order valence-electron chi connectivity index (χ2n) is 33.8. The molecule has 2 aromatic heterocycles. The number of hydrogen-bond donors (Lipinski definition) is 13. The Kier molecular flexibility index (Phi) is 33.4. The lowest BCUT2D eigenvalue weighted by molar-refractivity contribution is -0.0709. The fourth-order valence-electron chi connectivity index (χ4n) is 13.5. The summed E-state index contributed by atoms with van der Waals surface area (Å²) in [5, 5.41) is 107. The standard InChI is InChI=1S/C17H26N3O3P.2C16H28N3O3P.C15H26N3O3P.C14H24N3O4P/c1-10-8-12-9-20(11(2)19-16(12)18-10)17-15(22)14(21)13(23-17)6-7-24(3,4)5;1-11-17-13(18(2)3)7-9-19(11)16-15(21)14(20)12(22-16)8-10-23(4,5)6;1-11-18-13(17-2)7-9-19(11)16-15(21-3)14(20)12(22-16)8-10-23(4,5)6;1-10-17-12(16-2)6-8-18(10)15-14(20)13(19)11(21-15)7-9-22(3,4)5;1-16-10(15)5-7-17(14(16)20)13-12(19)11(18)9(21-13)6-8-22(2,3)4/h8-9,13-15,17,21-22H,2-3,6-7H2,1,4-5H3,(H,18,19);7,9,12,14-16,20-21H,1,4,8,10H2,2-3,5-6H3;7,9,12,14-16,20H,1,4,8,10H2,2-3,5-6H3,(H,17,18);6,8,11,13-15,19-20H,1,3,7,9H2,2,4-5H3,(H,16,17);5,7,9,11-13,15,18-19H,2,6,8H2,1,3-4H3/t13-,14-,15?,17-;12-,14-,15?,16-;12-,14-,15-,16-;11-,13-,14?,15-;9-,11-,12?,13-/m11111/s1. The van der Waals surface area contributed by atoms with Crippen LogP contribution in [0.15, 0.2) is 130 Å². The molecule has 36 heteroatoms. The fraction of sp³-hybridized carbons (Fsp3) is 0.603. The van der Waals surface area contributed by atoms with Crippen LogP contribution in [0.4, 0.5) is 0 Å². The monoisotopic (exact) mass is 1690 g/mol. The van der Waals surface area contributed by atoms with Crippen molar-refractivity contribution in [2.75, 3.05) is 133 Å². The van der Waals surface area contributed by atoms with E-state index in [1.165, 1.54) is 23.9 Å². The molecule has 9 aliphatic rings. The first-order chi connectivity index (χ1) is 52.9. The Morgan fingerprint density at radius 3 is 1.25 bits per heavy atom. The molecule has 31 nitrogen and oxygen atoms in total. The quantitative estimate of drug-likeness (QED) is 0.0792. The molecule has 5 fully saturated rings. The second-order valence-corrected chi connectivity index (χ2v) is 55.4. The molecule has 0 aromatic carbocycles. The summed E-state index contributed by atoms with van der Waals surface area (Å²) < 4.78 is 37.4. The van der Waals surface area contributed by atoms with Crippen LogP contribution in [-0.2, 0) is 35.5 Å². The SMILES string of the molecule is C=C1N=C(N(C)C)C=CN1[C@@H]1O[C@H](CCP(=C)(C)C)[C@@H](O)C1O.C=C1N=c2[nH]c(C)cc2=CN1[C@@H]1O[C@H](CCP(=C)(C)C)[C@@H](O)C1O.C=C1NC(=NC)C=CN1[C@@H]1O[C@H](CCP(=C)(C)C)[C@@H](O)C1O.C=C1NC(=NC)C=CN1[C@@H]1O[C@H](CCP(=C)(C)C)[C@@H](O)[C@H]1OC.C=P(C)(C)CC[C@H]1O[C@@H](n2ccc(=N)n(C)c2=O)C(O)[C@@H]1O. The van der Waals surface area contributed by atoms with Crippen molar-refractivity contribution in [2.45, 2.75) is 162 Å². The van der Waals surface area contributed by atoms with Gasteiger partial charge in [0, 0.05) is 84.3 Å². The topological polar surface area (TPSA) is 394 Å². The predicted octanol–water partition coefficient (Wildman–Crippen LogP) is 1.75. The first-order valence-corrected chi connectivity index (χ1v) is 53.2. The highest BCUT2D eigenvalue weighted by Gasteiger charge is 2.51. The van der Waals surface area contributed by atoms with Crippen LogP contribution in [0.3, 0.4) is 0 Å². The third-order valence-electron chi connectivity index (χ3n) is 20.3. The van der Waals surface area contributed by atoms with Gasteiger partial charge in [0.05, 0.1) is 30.5 Å². The van der Waals surface area contributed by atoms with E-state index in [2.05, 4.69) is 160 Å². The molecule has 9 aliphatic heterocycles. The molecular formula is C78H132N15O16P5. The highest BCUT2D eigenvalue weighted by molar-refractivity contribution is 7.73. The van der Waals surface area contributed by atoms with Gasteiger partial charge in [0.1, 0.15) is 113 Å². The van der Waals surface area contributed by atoms with Crippen molar-refractivity contribution in [1.29, 1.82) is 5.41 Å². The summed E-state index contributed by atoms with van der Waals surface area (Å²) in [6.07, 6.45) is 28.6. The number of amidine groups is 3. The maximum atomic E-state index is 12.2. The first-order valence-electron chi connectivity index (χ1n) is 37.9. The Bertz CT molecular complexity index is 4450. The largest absolute Gasteiger partial charge is 0.388 e. The number of aliphatic hydroxyl groups is 9. The van der Waals surface area contributed by atoms with Crippen molar-refractivity contribution in [3.05, 3.63) is 137 Å². The summed E-state index contributed by atoms with van der Waals surface area (Å²) in [4.78, 5) is 41.1. The van der Waals surface area contributed by atoms with Crippen molar-refractivity contribution in [3.63, 3.8) is 0 Å². The van der Waals surface area contributed by atoms with Crippen molar-refractivity contribution in [2.24, 2.45) is 27.0 Å². The van der Waals surface area contributed by atoms with Gasteiger partial charge in [0.2, 0.25) is 0 Å². The highest BCUT2D eigenvalue weighted by Crippen LogP contribution is 2.44. The average Bonchev–Trinajstić information content (AvgIpc) is 1.73. The number of fused-ring (bicyclic) bond motifs is 1. The molecule has 114 heavy (non-hydrogen) atoms. The number of rotatable bonds is 21. The Balaban J connectivity index is 0.000000197. The zero-order valence-electron chi connectivity index (χ0n) is 69.8. The normalized spacial score (nSPS) is 31.6. The molecule has 11 heterocycles. The molecule has 11 rings (SSSR count). The number of H-pyrrole nitrogens is 1. The Morgan fingerprint density at radius 2 is 0.877 bits per heavy atom. The average molecular weight is 1690 g/mol. The Morgan fingerprint density at radius 1 is 0.526 bits per heavy atom. The van der Waals surface area contributed by atoms with Gasteiger partial charge < -0.3 is 114 Å². The lowest BCUT2D eigenvalue weighted by Crippen LogP contribution is -2.47. The number of aryl methyl sites for hydroxylation is 1. The minimum atomic E-state index is -1.25. The molecule has 0 spiro atoms. The zero-order valence-corrected chi connectivity index (χ0v) is 74.3. The van der Waals surface area contributed by atoms with Crippen molar-refractivity contribution >= 4 is 89.6 Å². The molecule has 4 unspecified atom stereocenters. The number of methoxy groups -OCH3 is 1. The van der Waals surface area contributed by atoms with E-state index < -0.39 is 151 Å². The summed E-state index contributed by atoms with van der Waals surface area (Å²) in [5.74, 6) is 4.38. The van der Waals surface area contributed by atoms with Gasteiger partial charge in [-0.1, -0.05) is 26.3 Å². The smallest absolute Gasteiger partial charge is 0.331 e. The fourth-order valence-corrected chi connectivity index (χ4v) is 18.3. The lowest BCUT2D eigenvalue weighted by atomic mass is 10.1. The van der Waals surface area contributed by atoms with E-state index in [1.807, 2.05) is 61.4 Å². The van der Waals surface area contributed by atoms with E-state index in [9.17, 15) is 50.8 Å². The zero-order chi connectivity index (χ0) is 85.4. The Hall–Kier alpha value is -5.68. The number of nitrogens with zero attached hydrogens (tertiary/aromatic N) is 11. The first kappa shape index (κ1) is 95.5. The van der Waals surface area contributed by atoms with E-state index in [1.54, 1.807) is 54.4 Å². The summed E-state index contributed by atoms with van der Waals surface area (Å²) in [6.45, 7) is 33.2. The molecule has 5 saturated heterocycles. The third-order valence-corrected chi connectivity index (χ3v) is 27.6. The van der Waals surface area contributed by atoms with Gasteiger partial charge in [-0.15, -0.1) is 65.9 Å². The molecular weight excluding hydrogens is 1560 g/mol. The summed E-state index contributed by atoms with van der Waals surface area (Å²) >= 11 is 0. The maximum absolute atomic E-state index is 12.2. The summed E-state index contributed by atoms with van der Waals surface area (Å²) in [6, 6.07) is 3.42. The van der Waals surface area contributed by atoms with E-state index in [0.29, 0.717) is 54.8 Å². The van der Waals surface area contributed by atoms with Gasteiger partial charge in [-0.05, 0) is 167 Å². The van der Waals surface area contributed by atoms with Crippen molar-refractivity contribution < 1.29 is 74.4 Å². The predicted molar refractivity (Wildman–Crippen MR) is 472 cm³/mol. The minimum absolute atomic E-state index is 0.0643. The van der Waals surface area contributed by atoms with Gasteiger partial charge in [-0.2, -0.15) is 0 Å². The van der Waals surface area contributed by atoms with E-state index in [0.717, 1.165) is 69.9 Å². The van der Waals surface area contributed by atoms with Crippen LogP contribution in [0, 0.1) is 12.3 Å². The molecule has 0 bridgehead atoms. The molecule has 640 valence electrons. The maximum Gasteiger partial charge on any atom is 0.331 e. The summed E-state index contributed by atoms with van der Waals surface area (Å²) in [7, 11) is 10.3. The molecule has 20 atom stereocenters. The van der Waals surface area contributed by atoms with Crippen LogP contribution >= 0.6 is 34.4 Å². The van der Waals surface area contributed by atoms with Crippen molar-refractivity contribution in [1.82, 2.24) is 49.3 Å². The second kappa shape index (κ2) is 39.9. The van der Waals surface area contributed by atoms with Crippen LogP contribution in [0.25, 0.3) is 6.20 Å². The van der Waals surface area contributed by atoms with Crippen LogP contribution < -0.4 is 32.5 Å².